The molecule has 0 fully saturated rings. The maximum atomic E-state index is 12.4. The number of rotatable bonds is 6. The minimum Gasteiger partial charge on any atom is -0.306 e. The van der Waals surface area contributed by atoms with Gasteiger partial charge in [0.2, 0.25) is 5.91 Å². The Balaban J connectivity index is 1.70. The van der Waals surface area contributed by atoms with E-state index < -0.39 is 16.9 Å². The summed E-state index contributed by atoms with van der Waals surface area (Å²) in [5, 5.41) is 22.5. The lowest BCUT2D eigenvalue weighted by Crippen LogP contribution is -2.24. The lowest BCUT2D eigenvalue weighted by molar-refractivity contribution is -0.385. The van der Waals surface area contributed by atoms with Crippen molar-refractivity contribution in [2.24, 2.45) is 0 Å². The van der Waals surface area contributed by atoms with Crippen molar-refractivity contribution in [2.75, 3.05) is 5.32 Å². The summed E-state index contributed by atoms with van der Waals surface area (Å²) in [4.78, 5) is 22.6. The second kappa shape index (κ2) is 8.29. The first kappa shape index (κ1) is 20.3. The number of nitrogens with one attached hydrogen (secondary N) is 1. The van der Waals surface area contributed by atoms with Gasteiger partial charge in [0, 0.05) is 6.20 Å². The number of hydrogen-bond acceptors (Lipinski definition) is 5. The van der Waals surface area contributed by atoms with Crippen LogP contribution in [0.25, 0.3) is 0 Å². The maximum Gasteiger partial charge on any atom is 0.307 e. The highest BCUT2D eigenvalue weighted by Crippen LogP contribution is 2.25. The molecule has 1 aromatic carbocycles. The predicted molar refractivity (Wildman–Crippen MR) is 108 cm³/mol. The van der Waals surface area contributed by atoms with E-state index in [1.807, 2.05) is 6.07 Å². The van der Waals surface area contributed by atoms with Crippen molar-refractivity contribution in [3.05, 3.63) is 67.0 Å². The smallest absolute Gasteiger partial charge is 0.306 e. The van der Waals surface area contributed by atoms with Crippen LogP contribution >= 0.6 is 39.1 Å². The van der Waals surface area contributed by atoms with E-state index in [0.717, 1.165) is 11.8 Å². The van der Waals surface area contributed by atoms with Crippen molar-refractivity contribution in [2.45, 2.75) is 19.5 Å². The molecule has 1 N–H and O–H groups in total. The molecular formula is C16H13BrCl2N6O3. The highest BCUT2D eigenvalue weighted by atomic mass is 79.9. The lowest BCUT2D eigenvalue weighted by Gasteiger charge is -2.11. The summed E-state index contributed by atoms with van der Waals surface area (Å²) in [6.07, 6.45) is 4.00. The van der Waals surface area contributed by atoms with Gasteiger partial charge in [-0.25, -0.2) is 0 Å². The van der Waals surface area contributed by atoms with Crippen LogP contribution in [0.1, 0.15) is 18.5 Å². The molecule has 28 heavy (non-hydrogen) atoms. The Morgan fingerprint density at radius 3 is 2.75 bits per heavy atom. The third kappa shape index (κ3) is 4.51. The molecule has 1 unspecified atom stereocenters. The van der Waals surface area contributed by atoms with Gasteiger partial charge in [-0.05, 0) is 40.5 Å². The molecule has 1 amide bonds. The van der Waals surface area contributed by atoms with E-state index in [2.05, 4.69) is 31.4 Å². The molecule has 0 bridgehead atoms. The Morgan fingerprint density at radius 2 is 2.11 bits per heavy atom. The highest BCUT2D eigenvalue weighted by Gasteiger charge is 2.21. The van der Waals surface area contributed by atoms with Gasteiger partial charge in [0.25, 0.3) is 0 Å². The number of nitrogens with zero attached hydrogens (tertiary/aromatic N) is 5. The number of benzene rings is 1. The molecule has 3 rings (SSSR count). The molecule has 2 heterocycles. The third-order valence-electron chi connectivity index (χ3n) is 3.86. The first-order valence-corrected chi connectivity index (χ1v) is 9.46. The van der Waals surface area contributed by atoms with Gasteiger partial charge < -0.3 is 5.32 Å². The van der Waals surface area contributed by atoms with Gasteiger partial charge in [-0.3, -0.25) is 24.3 Å². The standard InChI is InChI=1S/C16H13BrCl2N6O3/c1-9(24-7-11(5-20-24)25(27)28)16(26)21-15-12(17)8-23(22-15)6-10-2-3-13(18)14(19)4-10/h2-5,7-9H,6H2,1H3,(H,21,22,26). The number of nitro groups is 1. The average Bonchev–Trinajstić information content (AvgIpc) is 3.25. The zero-order chi connectivity index (χ0) is 20.4. The second-order valence-electron chi connectivity index (χ2n) is 5.87. The number of anilines is 1. The van der Waals surface area contributed by atoms with E-state index in [1.165, 1.54) is 10.9 Å². The number of hydrogen-bond donors (Lipinski definition) is 1. The zero-order valence-corrected chi connectivity index (χ0v) is 17.4. The molecule has 0 spiro atoms. The quantitative estimate of drug-likeness (QED) is 0.411. The number of carbonyl (C=O) groups excluding carboxylic acids is 1. The van der Waals surface area contributed by atoms with Crippen LogP contribution in [0.2, 0.25) is 10.0 Å². The number of halogens is 3. The summed E-state index contributed by atoms with van der Waals surface area (Å²) in [6.45, 7) is 2.00. The van der Waals surface area contributed by atoms with Gasteiger partial charge in [-0.15, -0.1) is 0 Å². The molecule has 146 valence electrons. The summed E-state index contributed by atoms with van der Waals surface area (Å²) in [7, 11) is 0. The molecule has 0 aliphatic carbocycles. The van der Waals surface area contributed by atoms with Gasteiger partial charge in [-0.2, -0.15) is 10.2 Å². The van der Waals surface area contributed by atoms with Crippen LogP contribution in [-0.4, -0.2) is 30.4 Å². The van der Waals surface area contributed by atoms with Gasteiger partial charge >= 0.3 is 5.69 Å². The van der Waals surface area contributed by atoms with E-state index in [4.69, 9.17) is 23.2 Å². The zero-order valence-electron chi connectivity index (χ0n) is 14.3. The van der Waals surface area contributed by atoms with Gasteiger partial charge in [-0.1, -0.05) is 29.3 Å². The third-order valence-corrected chi connectivity index (χ3v) is 5.18. The van der Waals surface area contributed by atoms with Crippen LogP contribution in [0.4, 0.5) is 11.5 Å². The van der Waals surface area contributed by atoms with E-state index in [0.29, 0.717) is 26.9 Å². The van der Waals surface area contributed by atoms with Crippen molar-refractivity contribution in [1.82, 2.24) is 19.6 Å². The van der Waals surface area contributed by atoms with Crippen LogP contribution in [0.15, 0.2) is 41.3 Å². The largest absolute Gasteiger partial charge is 0.307 e. The van der Waals surface area contributed by atoms with E-state index >= 15 is 0 Å². The average molecular weight is 488 g/mol. The Hall–Kier alpha value is -2.43. The monoisotopic (exact) mass is 486 g/mol. The SMILES string of the molecule is CC(C(=O)Nc1nn(Cc2ccc(Cl)c(Cl)c2)cc1Br)n1cc([N+](=O)[O-])cn1. The molecule has 9 nitrogen and oxygen atoms in total. The fourth-order valence-corrected chi connectivity index (χ4v) is 3.10. The first-order chi connectivity index (χ1) is 13.2. The molecule has 0 radical (unpaired) electrons. The topological polar surface area (TPSA) is 108 Å². The van der Waals surface area contributed by atoms with Crippen LogP contribution in [0.5, 0.6) is 0 Å². The van der Waals surface area contributed by atoms with Gasteiger partial charge in [0.1, 0.15) is 18.4 Å². The molecule has 0 aliphatic heterocycles. The van der Waals surface area contributed by atoms with Gasteiger partial charge in [0.15, 0.2) is 5.82 Å². The fourth-order valence-electron chi connectivity index (χ4n) is 2.36. The molecule has 0 saturated carbocycles. The van der Waals surface area contributed by atoms with E-state index in [-0.39, 0.29) is 5.69 Å². The summed E-state index contributed by atoms with van der Waals surface area (Å²) in [5.41, 5.74) is 0.700. The second-order valence-corrected chi connectivity index (χ2v) is 7.54. The summed E-state index contributed by atoms with van der Waals surface area (Å²) < 4.78 is 3.43. The van der Waals surface area contributed by atoms with Crippen molar-refractivity contribution in [3.63, 3.8) is 0 Å². The Kier molecular flexibility index (Phi) is 6.01. The number of carbonyl (C=O) groups is 1. The minimum absolute atomic E-state index is 0.188. The molecule has 3 aromatic rings. The summed E-state index contributed by atoms with van der Waals surface area (Å²) in [5.74, 6) is -0.1000. The van der Waals surface area contributed by atoms with Crippen molar-refractivity contribution in [3.8, 4) is 0 Å². The van der Waals surface area contributed by atoms with E-state index in [9.17, 15) is 14.9 Å². The van der Waals surface area contributed by atoms with Crippen LogP contribution in [-0.2, 0) is 11.3 Å². The van der Waals surface area contributed by atoms with Crippen molar-refractivity contribution < 1.29 is 9.72 Å². The first-order valence-electron chi connectivity index (χ1n) is 7.91. The Labute approximate surface area is 177 Å². The molecule has 0 aliphatic rings. The minimum atomic E-state index is -0.763. The number of amides is 1. The van der Waals surface area contributed by atoms with Crippen LogP contribution in [0, 0.1) is 10.1 Å². The lowest BCUT2D eigenvalue weighted by atomic mass is 10.2. The van der Waals surface area contributed by atoms with Crippen molar-refractivity contribution in [1.29, 1.82) is 0 Å². The van der Waals surface area contributed by atoms with Crippen molar-refractivity contribution >= 4 is 56.5 Å². The number of aromatic nitrogens is 4. The van der Waals surface area contributed by atoms with Crippen LogP contribution < -0.4 is 5.32 Å². The Bertz CT molecular complexity index is 1050. The predicted octanol–water partition coefficient (Wildman–Crippen LogP) is 4.31. The normalized spacial score (nSPS) is 12.0. The highest BCUT2D eigenvalue weighted by molar-refractivity contribution is 9.10. The molecule has 0 saturated heterocycles. The van der Waals surface area contributed by atoms with Crippen LogP contribution in [0.3, 0.4) is 0 Å². The van der Waals surface area contributed by atoms with Gasteiger partial charge in [0.05, 0.1) is 26.0 Å². The summed E-state index contributed by atoms with van der Waals surface area (Å²) in [6, 6.07) is 4.51. The molecule has 12 heteroatoms. The Morgan fingerprint density at radius 1 is 1.36 bits per heavy atom. The molecule has 2 aromatic heterocycles. The molecule has 1 atom stereocenters. The molecular weight excluding hydrogens is 475 g/mol. The maximum absolute atomic E-state index is 12.4. The summed E-state index contributed by atoms with van der Waals surface area (Å²) >= 11 is 15.3. The fraction of sp³-hybridized carbons (Fsp3) is 0.188. The van der Waals surface area contributed by atoms with E-state index in [1.54, 1.807) is 29.9 Å².